The van der Waals surface area contributed by atoms with E-state index in [1.807, 2.05) is 0 Å². The molecule has 159 valence electrons. The van der Waals surface area contributed by atoms with Crippen LogP contribution in [0.1, 0.15) is 46.6 Å². The first-order valence-corrected chi connectivity index (χ1v) is 10.1. The Labute approximate surface area is 211 Å². The number of pyridine rings is 1. The van der Waals surface area contributed by atoms with Crippen LogP contribution in [0.5, 0.6) is 5.75 Å². The molecule has 0 spiro atoms. The number of aromatic carboxylic acids is 1. The van der Waals surface area contributed by atoms with E-state index >= 15 is 0 Å². The third kappa shape index (κ3) is 5.21. The Kier molecular flexibility index (Phi) is 8.06. The minimum absolute atomic E-state index is 0. The van der Waals surface area contributed by atoms with Crippen molar-refractivity contribution in [3.63, 3.8) is 0 Å². The number of hydrogen-bond donors (Lipinski definition) is 1. The molecule has 0 saturated carbocycles. The number of benzene rings is 2. The van der Waals surface area contributed by atoms with Crippen molar-refractivity contribution in [1.29, 1.82) is 0 Å². The molecule has 1 N–H and O–H groups in total. The van der Waals surface area contributed by atoms with Crippen LogP contribution in [0.25, 0.3) is 11.1 Å². The monoisotopic (exact) mass is 464 g/mol. The first-order chi connectivity index (χ1) is 14.9. The van der Waals surface area contributed by atoms with Crippen LogP contribution in [0.2, 0.25) is 5.02 Å². The Bertz CT molecular complexity index is 1200. The minimum atomic E-state index is -1.09. The molecule has 8 heteroatoms. The summed E-state index contributed by atoms with van der Waals surface area (Å²) in [5.41, 5.74) is 3.28. The molecule has 1 aromatic heterocycles. The summed E-state index contributed by atoms with van der Waals surface area (Å²) < 4.78 is 33.4. The zero-order valence-corrected chi connectivity index (χ0v) is 20.1. The fourth-order valence-corrected chi connectivity index (χ4v) is 3.90. The molecular weight excluding hydrogens is 447 g/mol. The van der Waals surface area contributed by atoms with E-state index in [1.54, 1.807) is 30.3 Å². The number of rotatable bonds is 6. The Morgan fingerprint density at radius 2 is 1.81 bits per heavy atom. The van der Waals surface area contributed by atoms with Crippen LogP contribution >= 0.6 is 11.6 Å². The summed E-state index contributed by atoms with van der Waals surface area (Å²) in [5.74, 6) is -2.47. The zero-order valence-electron chi connectivity index (χ0n) is 17.4. The number of carbonyl (C=O) groups is 1. The van der Waals surface area contributed by atoms with Gasteiger partial charge in [-0.05, 0) is 66.8 Å². The van der Waals surface area contributed by atoms with Gasteiger partial charge in [-0.2, -0.15) is 0 Å². The van der Waals surface area contributed by atoms with E-state index in [0.29, 0.717) is 16.5 Å². The number of carboxylic acid groups (broad SMARTS) is 1. The fraction of sp³-hybridized carbons (Fsp3) is 0.167. The Balaban J connectivity index is 0.00000289. The van der Waals surface area contributed by atoms with Crippen molar-refractivity contribution < 1.29 is 23.4 Å². The predicted molar refractivity (Wildman–Crippen MR) is 120 cm³/mol. The summed E-state index contributed by atoms with van der Waals surface area (Å²) in [4.78, 5) is 15.6. The van der Waals surface area contributed by atoms with Gasteiger partial charge >= 0.3 is 5.97 Å². The average Bonchev–Trinajstić information content (AvgIpc) is 3.25. The second-order valence-electron chi connectivity index (χ2n) is 7.17. The van der Waals surface area contributed by atoms with Gasteiger partial charge in [0.05, 0.1) is 5.69 Å². The van der Waals surface area contributed by atoms with Gasteiger partial charge in [0, 0.05) is 45.7 Å². The number of nitrogens with zero attached hydrogens (tertiary/aromatic N) is 1. The van der Waals surface area contributed by atoms with Crippen LogP contribution in [0.3, 0.4) is 0 Å². The summed E-state index contributed by atoms with van der Waals surface area (Å²) in [5, 5.41) is 9.77. The maximum absolute atomic E-state index is 14.0. The van der Waals surface area contributed by atoms with Crippen molar-refractivity contribution in [3.05, 3.63) is 93.8 Å². The molecule has 1 radical (unpaired) electrons. The normalized spacial score (nSPS) is 13.1. The van der Waals surface area contributed by atoms with Crippen molar-refractivity contribution in [2.24, 2.45) is 0 Å². The van der Waals surface area contributed by atoms with E-state index in [0.717, 1.165) is 42.0 Å². The van der Waals surface area contributed by atoms with Gasteiger partial charge in [-0.3, -0.25) is 0 Å². The van der Waals surface area contributed by atoms with Crippen LogP contribution in [-0.2, 0) is 6.61 Å². The number of halogens is 3. The molecule has 1 aliphatic rings. The molecule has 0 unspecified atom stereocenters. The quantitative estimate of drug-likeness (QED) is 0.454. The minimum Gasteiger partial charge on any atom is -0.488 e. The first kappa shape index (κ1) is 24.4. The van der Waals surface area contributed by atoms with Crippen molar-refractivity contribution in [2.75, 3.05) is 0 Å². The predicted octanol–water partition coefficient (Wildman–Crippen LogP) is 6.00. The number of allylic oxidation sites excluding steroid dienone is 2. The van der Waals surface area contributed by atoms with Crippen molar-refractivity contribution in [3.8, 4) is 5.75 Å². The first-order valence-electron chi connectivity index (χ1n) is 9.72. The third-order valence-corrected chi connectivity index (χ3v) is 5.41. The van der Waals surface area contributed by atoms with Crippen molar-refractivity contribution in [2.45, 2.75) is 25.9 Å². The van der Waals surface area contributed by atoms with Crippen LogP contribution in [-0.4, -0.2) is 45.6 Å². The van der Waals surface area contributed by atoms with Gasteiger partial charge in [0.25, 0.3) is 0 Å². The summed E-state index contributed by atoms with van der Waals surface area (Å²) in [6.07, 6.45) is 2.34. The van der Waals surface area contributed by atoms with Gasteiger partial charge in [0.15, 0.2) is 11.6 Å². The van der Waals surface area contributed by atoms with E-state index in [-0.39, 0.29) is 47.4 Å². The van der Waals surface area contributed by atoms with Gasteiger partial charge in [0.2, 0.25) is 0 Å². The van der Waals surface area contributed by atoms with E-state index < -0.39 is 17.6 Å². The van der Waals surface area contributed by atoms with Crippen LogP contribution < -0.4 is 4.74 Å². The fourth-order valence-electron chi connectivity index (χ4n) is 3.72. The Hall–Kier alpha value is -2.25. The number of hydrogen-bond acceptors (Lipinski definition) is 3. The van der Waals surface area contributed by atoms with Gasteiger partial charge in [-0.1, -0.05) is 29.8 Å². The molecule has 0 aliphatic heterocycles. The van der Waals surface area contributed by atoms with Gasteiger partial charge in [-0.15, -0.1) is 0 Å². The Morgan fingerprint density at radius 1 is 1.06 bits per heavy atom. The molecular formula is C24H18ClF2NNaO3. The molecule has 1 aliphatic carbocycles. The standard InChI is InChI=1S/C24H18ClF2NO3.Na/c25-15-10-11-22(31-13-14-4-1-7-19(26)23(14)27)18(12-15)16-5-2-6-17(16)20-8-3-9-21(28-20)24(29)30;/h1,3-4,7-12H,2,5-6,13H2,(H,29,30);. The van der Waals surface area contributed by atoms with Crippen LogP contribution in [0.4, 0.5) is 8.78 Å². The summed E-state index contributed by atoms with van der Waals surface area (Å²) in [6.45, 7) is -0.145. The van der Waals surface area contributed by atoms with Gasteiger partial charge < -0.3 is 9.84 Å². The third-order valence-electron chi connectivity index (χ3n) is 5.18. The molecule has 0 amide bonds. The van der Waals surface area contributed by atoms with E-state index in [4.69, 9.17) is 16.3 Å². The molecule has 0 atom stereocenters. The SMILES string of the molecule is O=C(O)c1cccc(C2=C(c3cc(Cl)ccc3OCc3cccc(F)c3F)CCC2)n1.[Na]. The second-order valence-corrected chi connectivity index (χ2v) is 7.60. The Morgan fingerprint density at radius 3 is 2.59 bits per heavy atom. The van der Waals surface area contributed by atoms with E-state index in [1.165, 1.54) is 18.2 Å². The molecule has 0 saturated heterocycles. The van der Waals surface area contributed by atoms with Crippen LogP contribution in [0, 0.1) is 11.6 Å². The molecule has 4 nitrogen and oxygen atoms in total. The van der Waals surface area contributed by atoms with E-state index in [9.17, 15) is 18.7 Å². The van der Waals surface area contributed by atoms with Crippen LogP contribution in [0.15, 0.2) is 54.6 Å². The number of ether oxygens (including phenoxy) is 1. The molecule has 32 heavy (non-hydrogen) atoms. The zero-order chi connectivity index (χ0) is 22.0. The molecule has 3 aromatic rings. The molecule has 2 aromatic carbocycles. The smallest absolute Gasteiger partial charge is 0.354 e. The molecule has 0 fully saturated rings. The van der Waals surface area contributed by atoms with Gasteiger partial charge in [0.1, 0.15) is 18.1 Å². The summed E-state index contributed by atoms with van der Waals surface area (Å²) >= 11 is 6.24. The van der Waals surface area contributed by atoms with Crippen molar-refractivity contribution >= 4 is 58.3 Å². The molecule has 4 rings (SSSR count). The summed E-state index contributed by atoms with van der Waals surface area (Å²) in [6, 6.07) is 14.0. The number of aromatic nitrogens is 1. The van der Waals surface area contributed by atoms with Crippen molar-refractivity contribution in [1.82, 2.24) is 4.98 Å². The largest absolute Gasteiger partial charge is 0.488 e. The summed E-state index contributed by atoms with van der Waals surface area (Å²) in [7, 11) is 0. The molecule has 0 bridgehead atoms. The second kappa shape index (κ2) is 10.6. The molecule has 1 heterocycles. The maximum atomic E-state index is 14.0. The number of carboxylic acids is 1. The average molecular weight is 465 g/mol. The van der Waals surface area contributed by atoms with E-state index in [2.05, 4.69) is 4.98 Å². The topological polar surface area (TPSA) is 59.4 Å². The maximum Gasteiger partial charge on any atom is 0.354 e. The van der Waals surface area contributed by atoms with Gasteiger partial charge in [-0.25, -0.2) is 18.6 Å².